The molecule has 3 rings (SSSR count). The molecule has 0 bridgehead atoms. The van der Waals surface area contributed by atoms with Gasteiger partial charge in [-0.1, -0.05) is 31.2 Å². The maximum Gasteiger partial charge on any atom is 0.363 e. The highest BCUT2D eigenvalue weighted by Crippen LogP contribution is 2.29. The monoisotopic (exact) mass is 355 g/mol. The van der Waals surface area contributed by atoms with Gasteiger partial charge in [0.2, 0.25) is 0 Å². The molecular weight excluding hydrogens is 336 g/mol. The van der Waals surface area contributed by atoms with E-state index in [9.17, 15) is 15.2 Å². The molecule has 0 unspecified atom stereocenters. The topological polar surface area (TPSA) is 98.0 Å². The summed E-state index contributed by atoms with van der Waals surface area (Å²) in [6.45, 7) is 2.71. The summed E-state index contributed by atoms with van der Waals surface area (Å²) in [6.07, 6.45) is 0.959. The molecule has 0 spiro atoms. The van der Waals surface area contributed by atoms with Crippen LogP contribution in [-0.4, -0.2) is 18.4 Å². The van der Waals surface area contributed by atoms with Gasteiger partial charge in [-0.25, -0.2) is 4.79 Å². The molecule has 7 nitrogen and oxygen atoms in total. The predicted octanol–water partition coefficient (Wildman–Crippen LogP) is 3.54. The van der Waals surface area contributed by atoms with E-state index in [4.69, 9.17) is 9.15 Å². The fourth-order valence-electron chi connectivity index (χ4n) is 2.66. The number of hydrogen-bond acceptors (Lipinski definition) is 7. The van der Waals surface area contributed by atoms with E-state index in [1.807, 2.05) is 24.3 Å². The number of anilines is 2. The van der Waals surface area contributed by atoms with Crippen molar-refractivity contribution in [3.63, 3.8) is 0 Å². The zero-order valence-electron chi connectivity index (χ0n) is 14.3. The van der Waals surface area contributed by atoms with Crippen molar-refractivity contribution in [3.05, 3.63) is 69.7 Å². The predicted molar refractivity (Wildman–Crippen MR) is 99.9 cm³/mol. The summed E-state index contributed by atoms with van der Waals surface area (Å²) in [4.78, 5) is 12.0. The molecule has 0 saturated heterocycles. The molecule has 0 amide bonds. The van der Waals surface area contributed by atoms with Crippen molar-refractivity contribution in [2.75, 3.05) is 23.7 Å². The zero-order valence-corrected chi connectivity index (χ0v) is 14.3. The van der Waals surface area contributed by atoms with Crippen LogP contribution in [0.15, 0.2) is 57.7 Å². The minimum Gasteiger partial charge on any atom is -0.733 e. The first-order chi connectivity index (χ1) is 12.6. The van der Waals surface area contributed by atoms with Gasteiger partial charge in [0, 0.05) is 11.9 Å². The van der Waals surface area contributed by atoms with Gasteiger partial charge in [0.1, 0.15) is 17.9 Å². The van der Waals surface area contributed by atoms with Gasteiger partial charge in [-0.3, -0.25) is 5.21 Å². The average molecular weight is 355 g/mol. The molecule has 0 fully saturated rings. The zero-order chi connectivity index (χ0) is 18.5. The quantitative estimate of drug-likeness (QED) is 0.380. The van der Waals surface area contributed by atoms with E-state index in [0.29, 0.717) is 24.1 Å². The van der Waals surface area contributed by atoms with Crippen molar-refractivity contribution >= 4 is 22.3 Å². The molecule has 2 N–H and O–H groups in total. The lowest BCUT2D eigenvalue weighted by Gasteiger charge is -2.24. The Morgan fingerprint density at radius 2 is 1.92 bits per heavy atom. The van der Waals surface area contributed by atoms with Gasteiger partial charge in [0.15, 0.2) is 5.69 Å². The van der Waals surface area contributed by atoms with Gasteiger partial charge >= 0.3 is 5.63 Å². The van der Waals surface area contributed by atoms with Crippen molar-refractivity contribution in [3.8, 4) is 5.75 Å². The minimum absolute atomic E-state index is 0.208. The molecule has 0 aliphatic heterocycles. The molecule has 0 radical (unpaired) electrons. The number of benzene rings is 2. The number of fused-ring (bicyclic) bond motifs is 1. The summed E-state index contributed by atoms with van der Waals surface area (Å²) in [5.41, 5.74) is 0.345. The number of aryl methyl sites for hydroxylation is 1. The maximum absolute atomic E-state index is 12.0. The third kappa shape index (κ3) is 3.79. The molecule has 1 heterocycles. The molecule has 26 heavy (non-hydrogen) atoms. The van der Waals surface area contributed by atoms with Gasteiger partial charge in [-0.05, 0) is 36.2 Å². The molecule has 3 aromatic rings. The Bertz CT molecular complexity index is 935. The van der Waals surface area contributed by atoms with Crippen molar-refractivity contribution in [2.45, 2.75) is 13.3 Å². The second kappa shape index (κ2) is 7.90. The lowest BCUT2D eigenvalue weighted by Crippen LogP contribution is -2.21. The number of hydrogen-bond donors (Lipinski definition) is 2. The highest BCUT2D eigenvalue weighted by atomic mass is 16.8. The van der Waals surface area contributed by atoms with E-state index in [1.165, 1.54) is 5.56 Å². The second-order valence-corrected chi connectivity index (χ2v) is 5.65. The Morgan fingerprint density at radius 3 is 2.62 bits per heavy atom. The Morgan fingerprint density at radius 1 is 1.19 bits per heavy atom. The fourth-order valence-corrected chi connectivity index (χ4v) is 2.66. The van der Waals surface area contributed by atoms with E-state index in [2.05, 4.69) is 12.2 Å². The molecule has 7 heteroatoms. The molecule has 2 aromatic carbocycles. The van der Waals surface area contributed by atoms with Gasteiger partial charge < -0.3 is 24.9 Å². The summed E-state index contributed by atoms with van der Waals surface area (Å²) in [6, 6.07) is 14.5. The van der Waals surface area contributed by atoms with Crippen LogP contribution in [0.1, 0.15) is 12.5 Å². The van der Waals surface area contributed by atoms with E-state index >= 15 is 0 Å². The first-order valence-electron chi connectivity index (χ1n) is 8.27. The van der Waals surface area contributed by atoms with Gasteiger partial charge in [0.05, 0.1) is 5.69 Å². The van der Waals surface area contributed by atoms with Crippen molar-refractivity contribution in [1.82, 2.24) is 0 Å². The average Bonchev–Trinajstić information content (AvgIpc) is 2.65. The third-order valence-electron chi connectivity index (χ3n) is 3.98. The third-order valence-corrected chi connectivity index (χ3v) is 3.98. The Labute approximate surface area is 150 Å². The van der Waals surface area contributed by atoms with E-state index in [-0.39, 0.29) is 5.69 Å². The van der Waals surface area contributed by atoms with E-state index in [1.54, 1.807) is 24.3 Å². The van der Waals surface area contributed by atoms with Gasteiger partial charge in [0.25, 0.3) is 0 Å². The van der Waals surface area contributed by atoms with Crippen LogP contribution in [0.3, 0.4) is 0 Å². The number of para-hydroxylation sites is 1. The summed E-state index contributed by atoms with van der Waals surface area (Å²) < 4.78 is 10.7. The highest BCUT2D eigenvalue weighted by molar-refractivity contribution is 5.96. The molecule has 0 saturated carbocycles. The number of rotatable bonds is 7. The van der Waals surface area contributed by atoms with Crippen LogP contribution < -0.4 is 20.9 Å². The van der Waals surface area contributed by atoms with E-state index in [0.717, 1.165) is 12.2 Å². The first-order valence-corrected chi connectivity index (χ1v) is 8.27. The normalized spacial score (nSPS) is 10.7. The van der Waals surface area contributed by atoms with Crippen LogP contribution in [0, 0.1) is 5.21 Å². The van der Waals surface area contributed by atoms with Crippen LogP contribution in [0.2, 0.25) is 0 Å². The number of ether oxygens (including phenoxy) is 1. The van der Waals surface area contributed by atoms with Crippen molar-refractivity contribution in [1.29, 1.82) is 0 Å². The second-order valence-electron chi connectivity index (χ2n) is 5.65. The summed E-state index contributed by atoms with van der Waals surface area (Å²) in [7, 11) is 0. The minimum atomic E-state index is -0.917. The molecule has 0 aliphatic carbocycles. The van der Waals surface area contributed by atoms with Crippen LogP contribution in [0.5, 0.6) is 5.75 Å². The number of nitrogens with zero attached hydrogens (tertiary/aromatic N) is 1. The Hall–Kier alpha value is -3.03. The standard InChI is InChI=1S/C19H19N2O5/c1-2-13-7-9-14(10-8-13)25-12-11-20-17-15-5-3-4-6-16(15)26-19(22)18(17)21(23)24/h3-10,20,23H,2,11-12H2,1H3/q-1. The maximum atomic E-state index is 12.0. The van der Waals surface area contributed by atoms with E-state index < -0.39 is 16.5 Å². The van der Waals surface area contributed by atoms with Crippen LogP contribution in [0.25, 0.3) is 11.0 Å². The van der Waals surface area contributed by atoms with Gasteiger partial charge in [-0.2, -0.15) is 0 Å². The summed E-state index contributed by atoms with van der Waals surface area (Å²) >= 11 is 0. The molecular formula is C19H19N2O5-. The molecule has 0 aliphatic rings. The molecule has 1 aromatic heterocycles. The highest BCUT2D eigenvalue weighted by Gasteiger charge is 2.15. The fraction of sp³-hybridized carbons (Fsp3) is 0.211. The molecule has 136 valence electrons. The number of nitrogens with one attached hydrogen (secondary N) is 1. The smallest absolute Gasteiger partial charge is 0.363 e. The van der Waals surface area contributed by atoms with Crippen molar-refractivity contribution < 1.29 is 14.4 Å². The lowest BCUT2D eigenvalue weighted by molar-refractivity contribution is 0.293. The van der Waals surface area contributed by atoms with Crippen LogP contribution in [-0.2, 0) is 6.42 Å². The lowest BCUT2D eigenvalue weighted by atomic mass is 10.2. The SMILES string of the molecule is CCc1ccc(OCCNc2c(N([O-])O)c(=O)oc3ccccc23)cc1. The van der Waals surface area contributed by atoms with Gasteiger partial charge in [-0.15, -0.1) is 0 Å². The largest absolute Gasteiger partial charge is 0.733 e. The Balaban J connectivity index is 1.75. The molecule has 0 atom stereocenters. The van der Waals surface area contributed by atoms with Crippen molar-refractivity contribution in [2.24, 2.45) is 0 Å². The summed E-state index contributed by atoms with van der Waals surface area (Å²) in [5.74, 6) is 0.731. The first kappa shape index (κ1) is 17.8. The summed E-state index contributed by atoms with van der Waals surface area (Å²) in [5, 5.41) is 23.7. The van der Waals surface area contributed by atoms with Crippen LogP contribution in [0.4, 0.5) is 11.4 Å². The van der Waals surface area contributed by atoms with Crippen LogP contribution >= 0.6 is 0 Å². The Kier molecular flexibility index (Phi) is 5.40.